The molecule has 0 saturated carbocycles. The van der Waals surface area contributed by atoms with E-state index in [1.807, 2.05) is 0 Å². The van der Waals surface area contributed by atoms with E-state index in [0.29, 0.717) is 11.3 Å². The van der Waals surface area contributed by atoms with Gasteiger partial charge in [0.15, 0.2) is 0 Å². The maximum absolute atomic E-state index is 10.9. The predicted molar refractivity (Wildman–Crippen MR) is 60.7 cm³/mol. The van der Waals surface area contributed by atoms with Crippen LogP contribution >= 0.6 is 0 Å². The van der Waals surface area contributed by atoms with Crippen molar-refractivity contribution in [2.24, 2.45) is 5.16 Å². The van der Waals surface area contributed by atoms with Gasteiger partial charge < -0.3 is 21.1 Å². The highest BCUT2D eigenvalue weighted by Crippen LogP contribution is 2.16. The predicted octanol–water partition coefficient (Wildman–Crippen LogP) is 0.327. The van der Waals surface area contributed by atoms with Crippen LogP contribution in [0.1, 0.15) is 22.8 Å². The summed E-state index contributed by atoms with van der Waals surface area (Å²) < 4.78 is 0. The van der Waals surface area contributed by atoms with E-state index >= 15 is 0 Å². The van der Waals surface area contributed by atoms with Gasteiger partial charge in [0.05, 0.1) is 11.8 Å². The monoisotopic (exact) mass is 240 g/mol. The summed E-state index contributed by atoms with van der Waals surface area (Å²) in [6.45, 7) is 1.32. The van der Waals surface area contributed by atoms with E-state index in [9.17, 15) is 9.59 Å². The lowest BCUT2D eigenvalue weighted by Gasteiger charge is -2.06. The highest BCUT2D eigenvalue weighted by molar-refractivity contribution is 5.99. The van der Waals surface area contributed by atoms with Crippen molar-refractivity contribution in [1.29, 1.82) is 0 Å². The number of benzene rings is 1. The van der Waals surface area contributed by atoms with Gasteiger partial charge in [-0.2, -0.15) is 0 Å². The Bertz CT molecular complexity index is 456. The Morgan fingerprint density at radius 3 is 2.53 bits per heavy atom. The fraction of sp³-hybridized carbons (Fsp3) is 0.100. The lowest BCUT2D eigenvalue weighted by atomic mass is 10.1. The molecule has 0 aliphatic rings. The molecule has 92 valence electrons. The number of carbonyl (C=O) groups excluding carboxylic acids is 1. The van der Waals surface area contributed by atoms with Gasteiger partial charge >= 0.3 is 5.97 Å². The minimum absolute atomic E-state index is 0. The van der Waals surface area contributed by atoms with Crippen molar-refractivity contribution < 1.29 is 25.4 Å². The van der Waals surface area contributed by atoms with Crippen molar-refractivity contribution in [3.05, 3.63) is 29.3 Å². The second-order valence-corrected chi connectivity index (χ2v) is 3.03. The highest BCUT2D eigenvalue weighted by atomic mass is 16.4. The summed E-state index contributed by atoms with van der Waals surface area (Å²) in [5, 5.41) is 22.5. The van der Waals surface area contributed by atoms with Crippen molar-refractivity contribution >= 4 is 23.8 Å². The number of nitrogens with zero attached hydrogens (tertiary/aromatic N) is 1. The van der Waals surface area contributed by atoms with Gasteiger partial charge in [-0.25, -0.2) is 4.79 Å². The molecule has 0 aromatic heterocycles. The normalized spacial score (nSPS) is 9.71. The minimum atomic E-state index is -1.10. The summed E-state index contributed by atoms with van der Waals surface area (Å²) in [4.78, 5) is 21.6. The van der Waals surface area contributed by atoms with Gasteiger partial charge in [0.2, 0.25) is 5.91 Å². The Labute approximate surface area is 96.7 Å². The average molecular weight is 240 g/mol. The SMILES string of the molecule is CC(=O)Nc1ccc(C(=O)O)cc1C=NO.O. The number of anilines is 1. The molecule has 0 bridgehead atoms. The molecule has 1 amide bonds. The number of carbonyl (C=O) groups is 2. The molecule has 0 atom stereocenters. The first-order valence-electron chi connectivity index (χ1n) is 4.37. The minimum Gasteiger partial charge on any atom is -0.478 e. The van der Waals surface area contributed by atoms with Crippen LogP contribution in [0.2, 0.25) is 0 Å². The van der Waals surface area contributed by atoms with E-state index in [4.69, 9.17) is 10.3 Å². The molecule has 7 nitrogen and oxygen atoms in total. The molecular weight excluding hydrogens is 228 g/mol. The Morgan fingerprint density at radius 2 is 2.06 bits per heavy atom. The van der Waals surface area contributed by atoms with Gasteiger partial charge in [-0.05, 0) is 18.2 Å². The zero-order valence-electron chi connectivity index (χ0n) is 8.97. The Kier molecular flexibility index (Phi) is 5.35. The Hall–Kier alpha value is -2.41. The summed E-state index contributed by atoms with van der Waals surface area (Å²) in [5.74, 6) is -1.39. The molecule has 5 N–H and O–H groups in total. The number of hydrogen-bond donors (Lipinski definition) is 3. The summed E-state index contributed by atoms with van der Waals surface area (Å²) in [5.41, 5.74) is 0.747. The molecule has 0 unspecified atom stereocenters. The summed E-state index contributed by atoms with van der Waals surface area (Å²) in [6.07, 6.45) is 1.05. The zero-order chi connectivity index (χ0) is 12.1. The molecular formula is C10H12N2O5. The number of nitrogens with one attached hydrogen (secondary N) is 1. The second-order valence-electron chi connectivity index (χ2n) is 3.03. The van der Waals surface area contributed by atoms with Crippen molar-refractivity contribution in [3.63, 3.8) is 0 Å². The van der Waals surface area contributed by atoms with Crippen LogP contribution in [0, 0.1) is 0 Å². The number of oxime groups is 1. The molecule has 1 rings (SSSR count). The first-order chi connectivity index (χ1) is 7.54. The maximum atomic E-state index is 10.9. The van der Waals surface area contributed by atoms with Crippen molar-refractivity contribution in [3.8, 4) is 0 Å². The number of rotatable bonds is 3. The van der Waals surface area contributed by atoms with Gasteiger partial charge in [-0.1, -0.05) is 5.16 Å². The second kappa shape index (κ2) is 6.23. The van der Waals surface area contributed by atoms with Crippen LogP contribution in [-0.2, 0) is 4.79 Å². The van der Waals surface area contributed by atoms with E-state index in [2.05, 4.69) is 10.5 Å². The van der Waals surface area contributed by atoms with Gasteiger partial charge in [0.1, 0.15) is 0 Å². The number of hydrogen-bond acceptors (Lipinski definition) is 4. The lowest BCUT2D eigenvalue weighted by molar-refractivity contribution is -0.114. The van der Waals surface area contributed by atoms with Gasteiger partial charge in [-0.15, -0.1) is 0 Å². The lowest BCUT2D eigenvalue weighted by Crippen LogP contribution is -2.09. The van der Waals surface area contributed by atoms with E-state index in [1.54, 1.807) is 0 Å². The summed E-state index contributed by atoms with van der Waals surface area (Å²) in [7, 11) is 0. The molecule has 7 heteroatoms. The largest absolute Gasteiger partial charge is 0.478 e. The third-order valence-electron chi connectivity index (χ3n) is 1.81. The van der Waals surface area contributed by atoms with Crippen molar-refractivity contribution in [2.45, 2.75) is 6.92 Å². The Balaban J connectivity index is 0.00000256. The summed E-state index contributed by atoms with van der Waals surface area (Å²) >= 11 is 0. The van der Waals surface area contributed by atoms with Crippen LogP contribution in [0.25, 0.3) is 0 Å². The van der Waals surface area contributed by atoms with Crippen LogP contribution in [0.4, 0.5) is 5.69 Å². The molecule has 0 spiro atoms. The zero-order valence-corrected chi connectivity index (χ0v) is 8.97. The smallest absolute Gasteiger partial charge is 0.335 e. The topological polar surface area (TPSA) is 130 Å². The van der Waals surface area contributed by atoms with Crippen LogP contribution in [0.5, 0.6) is 0 Å². The highest BCUT2D eigenvalue weighted by Gasteiger charge is 2.08. The van der Waals surface area contributed by atoms with E-state index in [0.717, 1.165) is 6.21 Å². The molecule has 1 aromatic rings. The first kappa shape index (κ1) is 14.6. The molecule has 0 radical (unpaired) electrons. The van der Waals surface area contributed by atoms with Gasteiger partial charge in [-0.3, -0.25) is 4.79 Å². The van der Waals surface area contributed by atoms with Gasteiger partial charge in [0, 0.05) is 18.2 Å². The van der Waals surface area contributed by atoms with Crippen LogP contribution in [0.15, 0.2) is 23.4 Å². The molecule has 0 aliphatic heterocycles. The molecule has 0 saturated heterocycles. The van der Waals surface area contributed by atoms with Crippen molar-refractivity contribution in [1.82, 2.24) is 0 Å². The first-order valence-corrected chi connectivity index (χ1v) is 4.37. The number of amides is 1. The molecule has 0 aliphatic carbocycles. The number of carboxylic acid groups (broad SMARTS) is 1. The van der Waals surface area contributed by atoms with E-state index in [1.165, 1.54) is 25.1 Å². The van der Waals surface area contributed by atoms with Crippen molar-refractivity contribution in [2.75, 3.05) is 5.32 Å². The van der Waals surface area contributed by atoms with Crippen LogP contribution in [0.3, 0.4) is 0 Å². The standard InChI is InChI=1S/C10H10N2O4.H2O/c1-6(13)12-9-3-2-7(10(14)15)4-8(9)5-11-16;/h2-5,16H,1H3,(H,12,13)(H,14,15);1H2. The summed E-state index contributed by atoms with van der Waals surface area (Å²) in [6, 6.07) is 4.08. The van der Waals surface area contributed by atoms with Gasteiger partial charge in [0.25, 0.3) is 0 Å². The van der Waals surface area contributed by atoms with Crippen LogP contribution in [-0.4, -0.2) is 33.9 Å². The number of carboxylic acids is 1. The molecule has 17 heavy (non-hydrogen) atoms. The third kappa shape index (κ3) is 3.92. The van der Waals surface area contributed by atoms with E-state index in [-0.39, 0.29) is 16.9 Å². The fourth-order valence-electron chi connectivity index (χ4n) is 1.17. The van der Waals surface area contributed by atoms with Crippen LogP contribution < -0.4 is 5.32 Å². The molecule has 0 heterocycles. The quantitative estimate of drug-likeness (QED) is 0.399. The van der Waals surface area contributed by atoms with E-state index < -0.39 is 5.97 Å². The average Bonchev–Trinajstić information content (AvgIpc) is 2.20. The molecule has 1 aromatic carbocycles. The fourth-order valence-corrected chi connectivity index (χ4v) is 1.17. The Morgan fingerprint density at radius 1 is 1.41 bits per heavy atom. The third-order valence-corrected chi connectivity index (χ3v) is 1.81. The molecule has 0 fully saturated rings. The maximum Gasteiger partial charge on any atom is 0.335 e. The number of aromatic carboxylic acids is 1.